The average molecular weight is 457 g/mol. The molecule has 33 heavy (non-hydrogen) atoms. The smallest absolute Gasteiger partial charge is 0.257 e. The van der Waals surface area contributed by atoms with Crippen LogP contribution in [0.4, 0.5) is 4.39 Å². The molecule has 4 rings (SSSR count). The Bertz CT molecular complexity index is 957. The Hall–Kier alpha value is -2.81. The number of aliphatic hydroxyl groups excluding tert-OH is 1. The lowest BCUT2D eigenvalue weighted by Gasteiger charge is -2.44. The van der Waals surface area contributed by atoms with Crippen LogP contribution in [-0.2, 0) is 20.8 Å². The third-order valence-electron chi connectivity index (χ3n) is 6.09. The summed E-state index contributed by atoms with van der Waals surface area (Å²) in [7, 11) is 0. The number of amides is 2. The van der Waals surface area contributed by atoms with Crippen LogP contribution in [0.5, 0.6) is 0 Å². The molecule has 2 aromatic rings. The Morgan fingerprint density at radius 3 is 2.61 bits per heavy atom. The Morgan fingerprint density at radius 2 is 1.82 bits per heavy atom. The van der Waals surface area contributed by atoms with Crippen LogP contribution in [0, 0.1) is 5.82 Å². The largest absolute Gasteiger partial charge is 0.389 e. The zero-order valence-corrected chi connectivity index (χ0v) is 18.4. The van der Waals surface area contributed by atoms with Gasteiger partial charge in [0.2, 0.25) is 5.91 Å². The number of halogens is 1. The van der Waals surface area contributed by atoms with Crippen molar-refractivity contribution in [1.82, 2.24) is 10.2 Å². The van der Waals surface area contributed by atoms with Crippen molar-refractivity contribution in [2.24, 2.45) is 0 Å². The van der Waals surface area contributed by atoms with Crippen molar-refractivity contribution < 1.29 is 28.6 Å². The fraction of sp³-hybridized carbons (Fsp3) is 0.440. The first kappa shape index (κ1) is 23.4. The second-order valence-electron chi connectivity index (χ2n) is 8.54. The fourth-order valence-corrected chi connectivity index (χ4v) is 4.44. The summed E-state index contributed by atoms with van der Waals surface area (Å²) in [4.78, 5) is 27.1. The third kappa shape index (κ3) is 5.96. The lowest BCUT2D eigenvalue weighted by atomic mass is 9.94. The maximum atomic E-state index is 14.3. The van der Waals surface area contributed by atoms with Gasteiger partial charge < -0.3 is 24.8 Å². The first-order valence-corrected chi connectivity index (χ1v) is 11.3. The first-order valence-electron chi connectivity index (χ1n) is 11.3. The van der Waals surface area contributed by atoms with Crippen molar-refractivity contribution in [3.05, 3.63) is 71.5 Å². The first-order chi connectivity index (χ1) is 16.0. The molecule has 8 heteroatoms. The number of carbonyl (C=O) groups excluding carboxylic acids is 2. The molecule has 0 unspecified atom stereocenters. The number of fused-ring (bicyclic) bond motifs is 1. The number of β-amino-alcohol motifs (C(OH)–C–C–N with tert-alkyl or cyclic N) is 1. The van der Waals surface area contributed by atoms with Gasteiger partial charge in [0.05, 0.1) is 43.4 Å². The number of nitrogens with one attached hydrogen (secondary N) is 1. The summed E-state index contributed by atoms with van der Waals surface area (Å²) < 4.78 is 26.0. The second kappa shape index (κ2) is 10.9. The Kier molecular flexibility index (Phi) is 7.69. The predicted molar refractivity (Wildman–Crippen MR) is 119 cm³/mol. The van der Waals surface area contributed by atoms with Crippen molar-refractivity contribution in [2.75, 3.05) is 19.8 Å². The number of nitrogens with zero attached hydrogens (tertiary/aromatic N) is 1. The quantitative estimate of drug-likeness (QED) is 0.721. The molecule has 2 aliphatic heterocycles. The molecule has 0 saturated carbocycles. The molecule has 0 bridgehead atoms. The number of hydrogen-bond donors (Lipinski definition) is 2. The lowest BCUT2D eigenvalue weighted by Crippen LogP contribution is -2.57. The highest BCUT2D eigenvalue weighted by Crippen LogP contribution is 2.29. The van der Waals surface area contributed by atoms with Crippen LogP contribution < -0.4 is 5.32 Å². The maximum Gasteiger partial charge on any atom is 0.257 e. The van der Waals surface area contributed by atoms with Crippen LogP contribution in [0.1, 0.15) is 35.2 Å². The van der Waals surface area contributed by atoms with Gasteiger partial charge in [0.1, 0.15) is 11.9 Å². The molecule has 0 aliphatic carbocycles. The summed E-state index contributed by atoms with van der Waals surface area (Å²) in [6, 6.07) is 15.1. The van der Waals surface area contributed by atoms with E-state index >= 15 is 0 Å². The number of aliphatic hydroxyl groups is 1. The van der Waals surface area contributed by atoms with E-state index in [1.165, 1.54) is 23.1 Å². The zero-order chi connectivity index (χ0) is 23.2. The van der Waals surface area contributed by atoms with Gasteiger partial charge in [-0.3, -0.25) is 9.59 Å². The van der Waals surface area contributed by atoms with Crippen molar-refractivity contribution in [3.63, 3.8) is 0 Å². The van der Waals surface area contributed by atoms with E-state index < -0.39 is 23.9 Å². The van der Waals surface area contributed by atoms with E-state index in [0.717, 1.165) is 5.56 Å². The van der Waals surface area contributed by atoms with Crippen molar-refractivity contribution >= 4 is 11.8 Å². The number of carbonyl (C=O) groups is 2. The van der Waals surface area contributed by atoms with Gasteiger partial charge in [-0.25, -0.2) is 4.39 Å². The molecule has 4 atom stereocenters. The van der Waals surface area contributed by atoms with Gasteiger partial charge in [-0.2, -0.15) is 0 Å². The van der Waals surface area contributed by atoms with Crippen LogP contribution in [0.3, 0.4) is 0 Å². The molecule has 176 valence electrons. The molecule has 0 spiro atoms. The van der Waals surface area contributed by atoms with E-state index in [1.807, 2.05) is 30.3 Å². The van der Waals surface area contributed by atoms with E-state index in [-0.39, 0.29) is 49.8 Å². The summed E-state index contributed by atoms with van der Waals surface area (Å²) in [5.41, 5.74) is 0.983. The minimum absolute atomic E-state index is 0.0277. The van der Waals surface area contributed by atoms with E-state index in [4.69, 9.17) is 9.47 Å². The van der Waals surface area contributed by atoms with E-state index in [9.17, 15) is 19.1 Å². The maximum absolute atomic E-state index is 14.3. The Labute approximate surface area is 192 Å². The molecule has 2 fully saturated rings. The van der Waals surface area contributed by atoms with Gasteiger partial charge in [-0.1, -0.05) is 42.5 Å². The number of hydrogen-bond acceptors (Lipinski definition) is 5. The van der Waals surface area contributed by atoms with Gasteiger partial charge in [0, 0.05) is 13.1 Å². The van der Waals surface area contributed by atoms with Gasteiger partial charge in [-0.15, -0.1) is 0 Å². The van der Waals surface area contributed by atoms with Crippen LogP contribution in [0.25, 0.3) is 0 Å². The van der Waals surface area contributed by atoms with Gasteiger partial charge >= 0.3 is 0 Å². The zero-order valence-electron chi connectivity index (χ0n) is 18.4. The van der Waals surface area contributed by atoms with E-state index in [1.54, 1.807) is 6.07 Å². The molecule has 0 aromatic heterocycles. The molecule has 2 aromatic carbocycles. The minimum atomic E-state index is -0.872. The van der Waals surface area contributed by atoms with Crippen molar-refractivity contribution in [3.8, 4) is 0 Å². The highest BCUT2D eigenvalue weighted by atomic mass is 19.1. The fourth-order valence-electron chi connectivity index (χ4n) is 4.44. The molecular formula is C25H29FN2O5. The van der Waals surface area contributed by atoms with Crippen LogP contribution in [0.15, 0.2) is 54.6 Å². The molecule has 2 N–H and O–H groups in total. The number of ether oxygens (including phenoxy) is 2. The Balaban J connectivity index is 1.40. The van der Waals surface area contributed by atoms with Gasteiger partial charge in [0.25, 0.3) is 5.91 Å². The van der Waals surface area contributed by atoms with Crippen molar-refractivity contribution in [1.29, 1.82) is 0 Å². The monoisotopic (exact) mass is 456 g/mol. The minimum Gasteiger partial charge on any atom is -0.389 e. The normalized spacial score (nSPS) is 25.5. The number of rotatable bonds is 5. The van der Waals surface area contributed by atoms with Gasteiger partial charge in [-0.05, 0) is 30.5 Å². The highest BCUT2D eigenvalue weighted by Gasteiger charge is 2.40. The molecular weight excluding hydrogens is 427 g/mol. The SMILES string of the molecule is O=C(C[C@H]1CC[C@@H]2[C@H](COC[C@H](O)CN2C(=O)c2ccccc2F)O1)NCc1ccccc1. The lowest BCUT2D eigenvalue weighted by molar-refractivity contribution is -0.151. The molecule has 2 aliphatic rings. The average Bonchev–Trinajstić information content (AvgIpc) is 2.81. The van der Waals surface area contributed by atoms with Crippen molar-refractivity contribution in [2.45, 2.75) is 50.2 Å². The van der Waals surface area contributed by atoms with Crippen LogP contribution in [0.2, 0.25) is 0 Å². The van der Waals surface area contributed by atoms with E-state index in [2.05, 4.69) is 5.32 Å². The summed E-state index contributed by atoms with van der Waals surface area (Å²) in [6.45, 7) is 0.713. The molecule has 2 amide bonds. The molecule has 2 heterocycles. The molecule has 0 radical (unpaired) electrons. The topological polar surface area (TPSA) is 88.1 Å². The summed E-state index contributed by atoms with van der Waals surface area (Å²) in [5.74, 6) is -1.19. The molecule has 2 saturated heterocycles. The predicted octanol–water partition coefficient (Wildman–Crippen LogP) is 2.28. The molecule has 7 nitrogen and oxygen atoms in total. The van der Waals surface area contributed by atoms with Gasteiger partial charge in [0.15, 0.2) is 0 Å². The second-order valence-corrected chi connectivity index (χ2v) is 8.54. The Morgan fingerprint density at radius 1 is 1.06 bits per heavy atom. The summed E-state index contributed by atoms with van der Waals surface area (Å²) in [6.07, 6.45) is -0.299. The number of benzene rings is 2. The highest BCUT2D eigenvalue weighted by molar-refractivity contribution is 5.94. The summed E-state index contributed by atoms with van der Waals surface area (Å²) in [5, 5.41) is 13.2. The third-order valence-corrected chi connectivity index (χ3v) is 6.09. The summed E-state index contributed by atoms with van der Waals surface area (Å²) >= 11 is 0. The standard InChI is InChI=1S/C25H29FN2O5/c26-21-9-5-4-8-20(21)25(31)28-14-18(29)15-32-16-23-22(28)11-10-19(33-23)12-24(30)27-13-17-6-2-1-3-7-17/h1-9,18-19,22-23,29H,10-16H2,(H,27,30)/t18-,19-,22-,23+/m1/s1. The van der Waals surface area contributed by atoms with Crippen LogP contribution >= 0.6 is 0 Å². The van der Waals surface area contributed by atoms with E-state index in [0.29, 0.717) is 19.4 Å². The van der Waals surface area contributed by atoms with Crippen LogP contribution in [-0.4, -0.2) is 65.9 Å².